The molecule has 2 aromatic rings. The van der Waals surface area contributed by atoms with E-state index in [4.69, 9.17) is 4.42 Å². The minimum atomic E-state index is -0.331. The lowest BCUT2D eigenvalue weighted by Crippen LogP contribution is -2.12. The first-order valence-corrected chi connectivity index (χ1v) is 5.51. The molecule has 1 aromatic heterocycles. The van der Waals surface area contributed by atoms with E-state index < -0.39 is 0 Å². The number of hydrogen-bond donors (Lipinski definition) is 1. The zero-order chi connectivity index (χ0) is 12.3. The number of amides is 1. The minimum absolute atomic E-state index is 0.0852. The van der Waals surface area contributed by atoms with Gasteiger partial charge in [0, 0.05) is 5.69 Å². The average Bonchev–Trinajstić information content (AvgIpc) is 2.77. The zero-order valence-corrected chi connectivity index (χ0v) is 9.86. The Hall–Kier alpha value is -2.10. The minimum Gasteiger partial charge on any atom is -0.438 e. The van der Waals surface area contributed by atoms with Crippen LogP contribution in [0.5, 0.6) is 0 Å². The van der Waals surface area contributed by atoms with Crippen LogP contribution < -0.4 is 5.32 Å². The Kier molecular flexibility index (Phi) is 3.23. The third-order valence-corrected chi connectivity index (χ3v) is 2.44. The van der Waals surface area contributed by atoms with Crippen LogP contribution in [0.25, 0.3) is 0 Å². The van der Waals surface area contributed by atoms with Crippen molar-refractivity contribution in [2.45, 2.75) is 20.3 Å². The van der Waals surface area contributed by atoms with Gasteiger partial charge in [-0.2, -0.15) is 0 Å². The molecule has 0 aliphatic rings. The van der Waals surface area contributed by atoms with Crippen molar-refractivity contribution >= 4 is 11.6 Å². The number of rotatable bonds is 3. The van der Waals surface area contributed by atoms with Crippen molar-refractivity contribution in [3.63, 3.8) is 0 Å². The fourth-order valence-electron chi connectivity index (χ4n) is 1.47. The van der Waals surface area contributed by atoms with Crippen LogP contribution in [0.15, 0.2) is 34.9 Å². The molecule has 2 rings (SSSR count). The van der Waals surface area contributed by atoms with E-state index in [1.54, 1.807) is 6.92 Å². The van der Waals surface area contributed by atoms with Crippen LogP contribution in [-0.4, -0.2) is 10.9 Å². The largest absolute Gasteiger partial charge is 0.438 e. The van der Waals surface area contributed by atoms with E-state index in [0.717, 1.165) is 12.1 Å². The summed E-state index contributed by atoms with van der Waals surface area (Å²) in [5, 5.41) is 2.73. The van der Waals surface area contributed by atoms with Crippen LogP contribution in [0.2, 0.25) is 0 Å². The molecule has 4 nitrogen and oxygen atoms in total. The second kappa shape index (κ2) is 4.82. The average molecular weight is 230 g/mol. The topological polar surface area (TPSA) is 55.1 Å². The Morgan fingerprint density at radius 1 is 1.35 bits per heavy atom. The molecule has 0 unspecified atom stereocenters. The first kappa shape index (κ1) is 11.4. The van der Waals surface area contributed by atoms with Crippen molar-refractivity contribution in [3.05, 3.63) is 47.7 Å². The molecule has 0 fully saturated rings. The quantitative estimate of drug-likeness (QED) is 0.882. The summed E-state index contributed by atoms with van der Waals surface area (Å²) in [4.78, 5) is 15.6. The number of carbonyl (C=O) groups is 1. The Balaban J connectivity index is 2.07. The predicted molar refractivity (Wildman–Crippen MR) is 65.0 cm³/mol. The third-order valence-electron chi connectivity index (χ3n) is 2.44. The molecular formula is C13H14N2O2. The highest BCUT2D eigenvalue weighted by atomic mass is 16.4. The van der Waals surface area contributed by atoms with Crippen LogP contribution in [0.3, 0.4) is 0 Å². The molecule has 1 N–H and O–H groups in total. The third kappa shape index (κ3) is 2.72. The van der Waals surface area contributed by atoms with Gasteiger partial charge in [0.05, 0.1) is 6.20 Å². The molecular weight excluding hydrogens is 216 g/mol. The summed E-state index contributed by atoms with van der Waals surface area (Å²) in [7, 11) is 0. The smallest absolute Gasteiger partial charge is 0.311 e. The van der Waals surface area contributed by atoms with Crippen molar-refractivity contribution in [2.24, 2.45) is 0 Å². The lowest BCUT2D eigenvalue weighted by atomic mass is 10.1. The van der Waals surface area contributed by atoms with Crippen molar-refractivity contribution in [3.8, 4) is 0 Å². The second-order valence-electron chi connectivity index (χ2n) is 3.78. The van der Waals surface area contributed by atoms with Gasteiger partial charge in [0.2, 0.25) is 0 Å². The van der Waals surface area contributed by atoms with E-state index in [9.17, 15) is 4.79 Å². The molecule has 0 bridgehead atoms. The molecule has 0 saturated carbocycles. The summed E-state index contributed by atoms with van der Waals surface area (Å²) in [5.74, 6) is 0.376. The summed E-state index contributed by atoms with van der Waals surface area (Å²) >= 11 is 0. The molecule has 0 aliphatic carbocycles. The highest BCUT2D eigenvalue weighted by molar-refractivity contribution is 6.00. The van der Waals surface area contributed by atoms with Crippen molar-refractivity contribution in [1.29, 1.82) is 0 Å². The molecule has 17 heavy (non-hydrogen) atoms. The van der Waals surface area contributed by atoms with Crippen LogP contribution in [0.1, 0.15) is 28.9 Å². The van der Waals surface area contributed by atoms with E-state index >= 15 is 0 Å². The highest BCUT2D eigenvalue weighted by Gasteiger charge is 2.11. The molecule has 0 radical (unpaired) electrons. The van der Waals surface area contributed by atoms with Gasteiger partial charge in [0.15, 0.2) is 0 Å². The Morgan fingerprint density at radius 2 is 2.06 bits per heavy atom. The van der Waals surface area contributed by atoms with E-state index in [-0.39, 0.29) is 11.8 Å². The fourth-order valence-corrected chi connectivity index (χ4v) is 1.47. The van der Waals surface area contributed by atoms with Crippen LogP contribution in [0, 0.1) is 6.92 Å². The first-order chi connectivity index (χ1) is 8.19. The molecule has 0 spiro atoms. The number of benzene rings is 1. The number of nitrogens with one attached hydrogen (secondary N) is 1. The molecule has 1 amide bonds. The number of nitrogens with zero attached hydrogens (tertiary/aromatic N) is 1. The standard InChI is InChI=1S/C13H14N2O2/c1-3-10-4-6-11(7-5-10)15-12(16)13-14-8-9(2)17-13/h4-8H,3H2,1-2H3,(H,15,16). The lowest BCUT2D eigenvalue weighted by Gasteiger charge is -2.03. The SMILES string of the molecule is CCc1ccc(NC(=O)c2ncc(C)o2)cc1. The number of hydrogen-bond acceptors (Lipinski definition) is 3. The van der Waals surface area contributed by atoms with Gasteiger partial charge < -0.3 is 9.73 Å². The van der Waals surface area contributed by atoms with Gasteiger partial charge in [-0.25, -0.2) is 4.98 Å². The number of oxazole rings is 1. The Bertz CT molecular complexity index is 514. The number of aromatic nitrogens is 1. The van der Waals surface area contributed by atoms with E-state index in [1.165, 1.54) is 11.8 Å². The van der Waals surface area contributed by atoms with Gasteiger partial charge in [-0.05, 0) is 31.0 Å². The normalized spacial score (nSPS) is 10.2. The Morgan fingerprint density at radius 3 is 2.59 bits per heavy atom. The van der Waals surface area contributed by atoms with Crippen molar-refractivity contribution in [2.75, 3.05) is 5.32 Å². The fraction of sp³-hybridized carbons (Fsp3) is 0.231. The van der Waals surface area contributed by atoms with E-state index in [0.29, 0.717) is 5.76 Å². The zero-order valence-electron chi connectivity index (χ0n) is 9.86. The molecule has 0 aliphatic heterocycles. The second-order valence-corrected chi connectivity index (χ2v) is 3.78. The first-order valence-electron chi connectivity index (χ1n) is 5.51. The number of aryl methyl sites for hydroxylation is 2. The molecule has 88 valence electrons. The molecule has 0 saturated heterocycles. The van der Waals surface area contributed by atoms with Crippen molar-refractivity contribution in [1.82, 2.24) is 4.98 Å². The summed E-state index contributed by atoms with van der Waals surface area (Å²) in [6.07, 6.45) is 2.50. The van der Waals surface area contributed by atoms with Crippen LogP contribution in [0.4, 0.5) is 5.69 Å². The van der Waals surface area contributed by atoms with E-state index in [1.807, 2.05) is 24.3 Å². The summed E-state index contributed by atoms with van der Waals surface area (Å²) < 4.78 is 5.14. The van der Waals surface area contributed by atoms with Gasteiger partial charge in [-0.1, -0.05) is 19.1 Å². The monoisotopic (exact) mass is 230 g/mol. The van der Waals surface area contributed by atoms with Gasteiger partial charge in [0.25, 0.3) is 5.89 Å². The van der Waals surface area contributed by atoms with Gasteiger partial charge in [-0.15, -0.1) is 0 Å². The predicted octanol–water partition coefficient (Wildman–Crippen LogP) is 2.80. The van der Waals surface area contributed by atoms with E-state index in [2.05, 4.69) is 17.2 Å². The van der Waals surface area contributed by atoms with Crippen molar-refractivity contribution < 1.29 is 9.21 Å². The molecule has 1 aromatic carbocycles. The van der Waals surface area contributed by atoms with Gasteiger partial charge in [0.1, 0.15) is 5.76 Å². The summed E-state index contributed by atoms with van der Waals surface area (Å²) in [6, 6.07) is 7.70. The molecule has 4 heteroatoms. The maximum absolute atomic E-state index is 11.7. The maximum atomic E-state index is 11.7. The van der Waals surface area contributed by atoms with Gasteiger partial charge in [-0.3, -0.25) is 4.79 Å². The number of carbonyl (C=O) groups excluding carboxylic acids is 1. The van der Waals surface area contributed by atoms with Gasteiger partial charge >= 0.3 is 5.91 Å². The van der Waals surface area contributed by atoms with Crippen LogP contribution in [-0.2, 0) is 6.42 Å². The number of anilines is 1. The Labute approximate surface area is 99.7 Å². The highest BCUT2D eigenvalue weighted by Crippen LogP contribution is 2.11. The van der Waals surface area contributed by atoms with Crippen LogP contribution >= 0.6 is 0 Å². The summed E-state index contributed by atoms with van der Waals surface area (Å²) in [5.41, 5.74) is 1.97. The summed E-state index contributed by atoms with van der Waals surface area (Å²) in [6.45, 7) is 3.84. The maximum Gasteiger partial charge on any atom is 0.311 e. The lowest BCUT2D eigenvalue weighted by molar-refractivity contribution is 0.0989. The molecule has 0 atom stereocenters. The molecule has 1 heterocycles.